The number of para-hydroxylation sites is 1. The number of hydrogen-bond acceptors (Lipinski definition) is 4. The maximum Gasteiger partial charge on any atom is 0.432 e. The lowest BCUT2D eigenvalue weighted by molar-refractivity contribution is -0.0583. The van der Waals surface area contributed by atoms with Crippen LogP contribution in [0.25, 0.3) is 5.70 Å². The van der Waals surface area contributed by atoms with Crippen molar-refractivity contribution in [3.8, 4) is 0 Å². The Kier molecular flexibility index (Phi) is 7.02. The molecular formula is C22H21ClF3N3O2. The molecule has 0 spiro atoms. The van der Waals surface area contributed by atoms with Gasteiger partial charge in [0.1, 0.15) is 5.71 Å². The number of aliphatic hydroxyl groups is 1. The normalized spacial score (nSPS) is 19.2. The van der Waals surface area contributed by atoms with Crippen molar-refractivity contribution in [1.82, 2.24) is 5.32 Å². The fourth-order valence-electron chi connectivity index (χ4n) is 3.29. The fourth-order valence-corrected chi connectivity index (χ4v) is 3.47. The molecule has 164 valence electrons. The Hall–Kier alpha value is -2.84. The van der Waals surface area contributed by atoms with Crippen molar-refractivity contribution >= 4 is 34.6 Å². The molecule has 1 aliphatic rings. The zero-order valence-electron chi connectivity index (χ0n) is 16.3. The second-order valence-electron chi connectivity index (χ2n) is 7.23. The van der Waals surface area contributed by atoms with Gasteiger partial charge in [-0.1, -0.05) is 35.9 Å². The Balaban J connectivity index is 1.85. The van der Waals surface area contributed by atoms with E-state index in [2.05, 4.69) is 10.6 Å². The molecule has 1 saturated carbocycles. The van der Waals surface area contributed by atoms with Crippen LogP contribution in [-0.4, -0.2) is 35.0 Å². The molecule has 1 amide bonds. The van der Waals surface area contributed by atoms with Gasteiger partial charge in [0.25, 0.3) is 5.91 Å². The third-order valence-electron chi connectivity index (χ3n) is 4.99. The molecule has 2 aromatic carbocycles. The average Bonchev–Trinajstić information content (AvgIpc) is 3.12. The van der Waals surface area contributed by atoms with Crippen LogP contribution in [0, 0.1) is 5.41 Å². The summed E-state index contributed by atoms with van der Waals surface area (Å²) >= 11 is 6.10. The number of nitrogens with one attached hydrogen (secondary N) is 3. The van der Waals surface area contributed by atoms with Gasteiger partial charge in [-0.15, -0.1) is 0 Å². The number of halogens is 4. The van der Waals surface area contributed by atoms with Gasteiger partial charge in [0.05, 0.1) is 22.9 Å². The van der Waals surface area contributed by atoms with E-state index in [-0.39, 0.29) is 17.6 Å². The van der Waals surface area contributed by atoms with Crippen LogP contribution in [0.5, 0.6) is 0 Å². The Morgan fingerprint density at radius 1 is 1.10 bits per heavy atom. The predicted octanol–water partition coefficient (Wildman–Crippen LogP) is 5.02. The highest BCUT2D eigenvalue weighted by Crippen LogP contribution is 2.27. The summed E-state index contributed by atoms with van der Waals surface area (Å²) in [4.78, 5) is 12.4. The number of anilines is 1. The molecule has 2 atom stereocenters. The SMILES string of the molecule is N=C(/C=C(\Nc1ccccc1Cl)c1ccc(C(=O)NC2CCC[C@@H]2O)cc1)C(F)(F)F. The van der Waals surface area contributed by atoms with Crippen molar-refractivity contribution in [2.75, 3.05) is 5.32 Å². The number of rotatable bonds is 6. The standard InChI is InChI=1S/C22H21ClF3N3O2/c23-15-4-1-2-5-16(15)28-18(12-20(27)22(24,25)26)13-8-10-14(11-9-13)21(31)29-17-6-3-7-19(17)30/h1-2,4-5,8-12,17,19,27-28,30H,3,6-7H2,(H,29,31)/b18-12-,27-20?/t17?,19-/m0/s1. The summed E-state index contributed by atoms with van der Waals surface area (Å²) in [7, 11) is 0. The molecule has 0 radical (unpaired) electrons. The van der Waals surface area contributed by atoms with E-state index in [0.717, 1.165) is 6.42 Å². The number of allylic oxidation sites excluding steroid dienone is 1. The van der Waals surface area contributed by atoms with Crippen LogP contribution in [0.2, 0.25) is 5.02 Å². The highest BCUT2D eigenvalue weighted by atomic mass is 35.5. The predicted molar refractivity (Wildman–Crippen MR) is 114 cm³/mol. The van der Waals surface area contributed by atoms with Gasteiger partial charge in [-0.25, -0.2) is 0 Å². The van der Waals surface area contributed by atoms with Gasteiger partial charge >= 0.3 is 6.18 Å². The van der Waals surface area contributed by atoms with Crippen LogP contribution in [0.15, 0.2) is 54.6 Å². The zero-order chi connectivity index (χ0) is 22.6. The number of benzene rings is 2. The number of aliphatic hydroxyl groups excluding tert-OH is 1. The van der Waals surface area contributed by atoms with E-state index in [9.17, 15) is 23.1 Å². The lowest BCUT2D eigenvalue weighted by atomic mass is 10.1. The molecule has 0 aliphatic heterocycles. The van der Waals surface area contributed by atoms with Crippen molar-refractivity contribution in [2.24, 2.45) is 0 Å². The third-order valence-corrected chi connectivity index (χ3v) is 5.32. The average molecular weight is 452 g/mol. The number of amides is 1. The molecule has 0 aromatic heterocycles. The van der Waals surface area contributed by atoms with Gasteiger partial charge in [-0.2, -0.15) is 13.2 Å². The van der Waals surface area contributed by atoms with Gasteiger partial charge in [-0.3, -0.25) is 10.2 Å². The number of carbonyl (C=O) groups is 1. The van der Waals surface area contributed by atoms with E-state index < -0.39 is 18.0 Å². The summed E-state index contributed by atoms with van der Waals surface area (Å²) in [5, 5.41) is 23.1. The number of carbonyl (C=O) groups excluding carboxylic acids is 1. The smallest absolute Gasteiger partial charge is 0.391 e. The first-order valence-electron chi connectivity index (χ1n) is 9.63. The first kappa shape index (κ1) is 22.8. The Morgan fingerprint density at radius 2 is 1.74 bits per heavy atom. The highest BCUT2D eigenvalue weighted by Gasteiger charge is 2.33. The molecule has 1 unspecified atom stereocenters. The molecule has 4 N–H and O–H groups in total. The van der Waals surface area contributed by atoms with Gasteiger partial charge in [0.15, 0.2) is 0 Å². The summed E-state index contributed by atoms with van der Waals surface area (Å²) in [6, 6.07) is 12.2. The molecule has 2 aromatic rings. The molecule has 0 heterocycles. The monoisotopic (exact) mass is 451 g/mol. The second-order valence-corrected chi connectivity index (χ2v) is 7.64. The molecule has 3 rings (SSSR count). The van der Waals surface area contributed by atoms with Crippen molar-refractivity contribution in [2.45, 2.75) is 37.6 Å². The van der Waals surface area contributed by atoms with E-state index >= 15 is 0 Å². The molecule has 0 saturated heterocycles. The minimum Gasteiger partial charge on any atom is -0.391 e. The molecule has 31 heavy (non-hydrogen) atoms. The van der Waals surface area contributed by atoms with Crippen LogP contribution in [0.1, 0.15) is 35.2 Å². The Bertz CT molecular complexity index is 990. The van der Waals surface area contributed by atoms with E-state index in [1.807, 2.05) is 0 Å². The molecule has 1 aliphatic carbocycles. The number of hydrogen-bond donors (Lipinski definition) is 4. The van der Waals surface area contributed by atoms with Gasteiger partial charge in [0, 0.05) is 11.3 Å². The van der Waals surface area contributed by atoms with Crippen molar-refractivity contribution in [3.63, 3.8) is 0 Å². The van der Waals surface area contributed by atoms with Crippen LogP contribution in [0.4, 0.5) is 18.9 Å². The summed E-state index contributed by atoms with van der Waals surface area (Å²) in [5.74, 6) is -0.370. The molecule has 0 bridgehead atoms. The topological polar surface area (TPSA) is 85.2 Å². The van der Waals surface area contributed by atoms with Crippen molar-refractivity contribution in [3.05, 3.63) is 70.8 Å². The third kappa shape index (κ3) is 5.86. The summed E-state index contributed by atoms with van der Waals surface area (Å²) in [6.07, 6.45) is -2.55. The Morgan fingerprint density at radius 3 is 2.32 bits per heavy atom. The van der Waals surface area contributed by atoms with Crippen LogP contribution in [-0.2, 0) is 0 Å². The second kappa shape index (κ2) is 9.53. The van der Waals surface area contributed by atoms with E-state index in [4.69, 9.17) is 17.0 Å². The first-order chi connectivity index (χ1) is 14.6. The van der Waals surface area contributed by atoms with E-state index in [0.29, 0.717) is 40.8 Å². The first-order valence-corrected chi connectivity index (χ1v) is 10.0. The van der Waals surface area contributed by atoms with Crippen LogP contribution < -0.4 is 10.6 Å². The van der Waals surface area contributed by atoms with Gasteiger partial charge in [0.2, 0.25) is 0 Å². The minimum atomic E-state index is -4.81. The maximum atomic E-state index is 12.9. The summed E-state index contributed by atoms with van der Waals surface area (Å²) in [5.41, 5.74) is -0.493. The molecule has 5 nitrogen and oxygen atoms in total. The lowest BCUT2D eigenvalue weighted by Gasteiger charge is -2.17. The van der Waals surface area contributed by atoms with E-state index in [1.54, 1.807) is 24.3 Å². The number of alkyl halides is 3. The summed E-state index contributed by atoms with van der Waals surface area (Å²) < 4.78 is 38.8. The van der Waals surface area contributed by atoms with Gasteiger partial charge < -0.3 is 15.7 Å². The largest absolute Gasteiger partial charge is 0.432 e. The molecular weight excluding hydrogens is 431 g/mol. The minimum absolute atomic E-state index is 0.00796. The Labute approximate surface area is 182 Å². The fraction of sp³-hybridized carbons (Fsp3) is 0.273. The highest BCUT2D eigenvalue weighted by molar-refractivity contribution is 6.33. The summed E-state index contributed by atoms with van der Waals surface area (Å²) in [6.45, 7) is 0. The zero-order valence-corrected chi connectivity index (χ0v) is 17.1. The van der Waals surface area contributed by atoms with Crippen molar-refractivity contribution in [1.29, 1.82) is 5.41 Å². The quantitative estimate of drug-likeness (QED) is 0.465. The van der Waals surface area contributed by atoms with Crippen LogP contribution in [0.3, 0.4) is 0 Å². The maximum absolute atomic E-state index is 12.9. The van der Waals surface area contributed by atoms with Crippen LogP contribution >= 0.6 is 11.6 Å². The molecule has 1 fully saturated rings. The molecule has 9 heteroatoms. The van der Waals surface area contributed by atoms with E-state index in [1.165, 1.54) is 24.3 Å². The lowest BCUT2D eigenvalue weighted by Crippen LogP contribution is -2.39. The van der Waals surface area contributed by atoms with Crippen molar-refractivity contribution < 1.29 is 23.1 Å². The van der Waals surface area contributed by atoms with Gasteiger partial charge in [-0.05, 0) is 55.2 Å².